The average Bonchev–Trinajstić information content (AvgIpc) is 2.20. The van der Waals surface area contributed by atoms with E-state index in [1.165, 1.54) is 11.8 Å². The molecule has 3 nitrogen and oxygen atoms in total. The minimum absolute atomic E-state index is 0.210. The van der Waals surface area contributed by atoms with E-state index < -0.39 is 14.6 Å². The van der Waals surface area contributed by atoms with Crippen molar-refractivity contribution in [1.29, 1.82) is 0 Å². The molecule has 0 aliphatic heterocycles. The summed E-state index contributed by atoms with van der Waals surface area (Å²) in [6.45, 7) is 5.52. The Morgan fingerprint density at radius 1 is 1.18 bits per heavy atom. The van der Waals surface area contributed by atoms with Gasteiger partial charge in [-0.3, -0.25) is 0 Å². The van der Waals surface area contributed by atoms with E-state index in [9.17, 15) is 8.42 Å². The van der Waals surface area contributed by atoms with E-state index >= 15 is 0 Å². The van der Waals surface area contributed by atoms with E-state index in [0.29, 0.717) is 0 Å². The van der Waals surface area contributed by atoms with Crippen molar-refractivity contribution in [3.63, 3.8) is 0 Å². The van der Waals surface area contributed by atoms with Gasteiger partial charge in [0.1, 0.15) is 0 Å². The molecule has 1 unspecified atom stereocenters. The lowest BCUT2D eigenvalue weighted by atomic mass is 9.94. The number of rotatable bonds is 4. The third-order valence-corrected chi connectivity index (χ3v) is 5.50. The normalized spacial score (nSPS) is 14.6. The molecule has 0 amide bonds. The lowest BCUT2D eigenvalue weighted by Gasteiger charge is -2.32. The molecule has 1 aromatic carbocycles. The molecular formula is C13H21NO2S. The first kappa shape index (κ1) is 14.2. The van der Waals surface area contributed by atoms with Gasteiger partial charge < -0.3 is 5.32 Å². The van der Waals surface area contributed by atoms with Crippen LogP contribution in [-0.4, -0.2) is 26.5 Å². The molecule has 4 heteroatoms. The highest BCUT2D eigenvalue weighted by atomic mass is 32.2. The highest BCUT2D eigenvalue weighted by Crippen LogP contribution is 2.31. The fraction of sp³-hybridized carbons (Fsp3) is 0.538. The molecule has 0 heterocycles. The largest absolute Gasteiger partial charge is 0.312 e. The summed E-state index contributed by atoms with van der Waals surface area (Å²) in [6.07, 6.45) is 1.28. The van der Waals surface area contributed by atoms with E-state index in [1.54, 1.807) is 20.9 Å². The van der Waals surface area contributed by atoms with E-state index in [-0.39, 0.29) is 6.04 Å². The van der Waals surface area contributed by atoms with Crippen LogP contribution in [0.1, 0.15) is 31.0 Å². The summed E-state index contributed by atoms with van der Waals surface area (Å²) in [5, 5.41) is 3.11. The highest BCUT2D eigenvalue weighted by Gasteiger charge is 2.38. The second kappa shape index (κ2) is 4.78. The van der Waals surface area contributed by atoms with Crippen LogP contribution in [0, 0.1) is 6.92 Å². The average molecular weight is 255 g/mol. The molecular weight excluding hydrogens is 234 g/mol. The van der Waals surface area contributed by atoms with Crippen LogP contribution in [0.5, 0.6) is 0 Å². The maximum Gasteiger partial charge on any atom is 0.154 e. The van der Waals surface area contributed by atoms with Gasteiger partial charge in [-0.15, -0.1) is 0 Å². The van der Waals surface area contributed by atoms with Crippen molar-refractivity contribution in [1.82, 2.24) is 5.32 Å². The van der Waals surface area contributed by atoms with Gasteiger partial charge in [0.2, 0.25) is 0 Å². The fourth-order valence-corrected chi connectivity index (χ4v) is 2.57. The molecule has 1 N–H and O–H groups in total. The van der Waals surface area contributed by atoms with Gasteiger partial charge >= 0.3 is 0 Å². The number of hydrogen-bond acceptors (Lipinski definition) is 3. The van der Waals surface area contributed by atoms with Crippen LogP contribution >= 0.6 is 0 Å². The summed E-state index contributed by atoms with van der Waals surface area (Å²) < 4.78 is 22.9. The minimum Gasteiger partial charge on any atom is -0.312 e. The van der Waals surface area contributed by atoms with Crippen LogP contribution in [0.3, 0.4) is 0 Å². The second-order valence-corrected chi connectivity index (χ2v) is 7.60. The van der Waals surface area contributed by atoms with E-state index in [1.807, 2.05) is 31.2 Å². The molecule has 0 aromatic heterocycles. The first-order valence-corrected chi connectivity index (χ1v) is 7.52. The summed E-state index contributed by atoms with van der Waals surface area (Å²) in [7, 11) is -1.35. The Bertz CT molecular complexity index is 475. The summed E-state index contributed by atoms with van der Waals surface area (Å²) in [5.41, 5.74) is 2.16. The highest BCUT2D eigenvalue weighted by molar-refractivity contribution is 7.92. The first-order chi connectivity index (χ1) is 7.70. The second-order valence-electron chi connectivity index (χ2n) is 5.01. The van der Waals surface area contributed by atoms with E-state index in [4.69, 9.17) is 0 Å². The molecule has 0 saturated heterocycles. The Hall–Kier alpha value is -0.870. The minimum atomic E-state index is -3.13. The lowest BCUT2D eigenvalue weighted by molar-refractivity contribution is 0.446. The third kappa shape index (κ3) is 2.87. The number of nitrogens with one attached hydrogen (secondary N) is 1. The molecule has 0 saturated carbocycles. The summed E-state index contributed by atoms with van der Waals surface area (Å²) in [5.74, 6) is 0. The monoisotopic (exact) mass is 255 g/mol. The molecule has 96 valence electrons. The topological polar surface area (TPSA) is 46.2 Å². The van der Waals surface area contributed by atoms with Crippen molar-refractivity contribution in [2.75, 3.05) is 13.3 Å². The van der Waals surface area contributed by atoms with Crippen molar-refractivity contribution in [2.45, 2.75) is 31.6 Å². The number of aryl methyl sites for hydroxylation is 1. The fourth-order valence-electron chi connectivity index (χ4n) is 1.89. The summed E-state index contributed by atoms with van der Waals surface area (Å²) >= 11 is 0. The van der Waals surface area contributed by atoms with Gasteiger partial charge in [-0.1, -0.05) is 29.8 Å². The Kier molecular flexibility index (Phi) is 3.99. The van der Waals surface area contributed by atoms with Crippen molar-refractivity contribution >= 4 is 9.84 Å². The Labute approximate surface area is 104 Å². The van der Waals surface area contributed by atoms with Crippen LogP contribution in [0.4, 0.5) is 0 Å². The standard InChI is InChI=1S/C13H21NO2S/c1-10-6-8-11(9-7-10)12(14-4)13(2,3)17(5,15)16/h6-9,12,14H,1-5H3. The molecule has 17 heavy (non-hydrogen) atoms. The Morgan fingerprint density at radius 2 is 1.65 bits per heavy atom. The zero-order valence-electron chi connectivity index (χ0n) is 11.1. The molecule has 1 atom stereocenters. The Morgan fingerprint density at radius 3 is 2.00 bits per heavy atom. The van der Waals surface area contributed by atoms with Gasteiger partial charge in [0, 0.05) is 6.26 Å². The van der Waals surface area contributed by atoms with Gasteiger partial charge in [-0.2, -0.15) is 0 Å². The molecule has 0 spiro atoms. The van der Waals surface area contributed by atoms with Crippen molar-refractivity contribution < 1.29 is 8.42 Å². The summed E-state index contributed by atoms with van der Waals surface area (Å²) in [6, 6.07) is 7.74. The van der Waals surface area contributed by atoms with Gasteiger partial charge in [-0.25, -0.2) is 8.42 Å². The molecule has 1 aromatic rings. The predicted octanol–water partition coefficient (Wildman–Crippen LogP) is 2.08. The van der Waals surface area contributed by atoms with Crippen LogP contribution in [0.15, 0.2) is 24.3 Å². The van der Waals surface area contributed by atoms with Crippen LogP contribution in [0.25, 0.3) is 0 Å². The van der Waals surface area contributed by atoms with Crippen molar-refractivity contribution in [3.8, 4) is 0 Å². The molecule has 0 radical (unpaired) electrons. The van der Waals surface area contributed by atoms with Gasteiger partial charge in [0.05, 0.1) is 10.8 Å². The third-order valence-electron chi connectivity index (χ3n) is 3.35. The van der Waals surface area contributed by atoms with Crippen LogP contribution in [-0.2, 0) is 9.84 Å². The molecule has 0 aliphatic carbocycles. The zero-order valence-corrected chi connectivity index (χ0v) is 11.9. The van der Waals surface area contributed by atoms with E-state index in [2.05, 4.69) is 5.32 Å². The summed E-state index contributed by atoms with van der Waals surface area (Å²) in [4.78, 5) is 0. The zero-order chi connectivity index (χ0) is 13.3. The van der Waals surface area contributed by atoms with Crippen LogP contribution < -0.4 is 5.32 Å². The van der Waals surface area contributed by atoms with E-state index in [0.717, 1.165) is 5.56 Å². The van der Waals surface area contributed by atoms with Gasteiger partial charge in [0.15, 0.2) is 9.84 Å². The molecule has 1 rings (SSSR count). The van der Waals surface area contributed by atoms with Gasteiger partial charge in [-0.05, 0) is 33.4 Å². The first-order valence-electron chi connectivity index (χ1n) is 5.63. The quantitative estimate of drug-likeness (QED) is 0.896. The lowest BCUT2D eigenvalue weighted by Crippen LogP contribution is -2.43. The number of sulfone groups is 1. The molecule has 0 aliphatic rings. The van der Waals surface area contributed by atoms with Crippen molar-refractivity contribution in [3.05, 3.63) is 35.4 Å². The maximum atomic E-state index is 11.9. The number of benzene rings is 1. The van der Waals surface area contributed by atoms with Gasteiger partial charge in [0.25, 0.3) is 0 Å². The van der Waals surface area contributed by atoms with Crippen LogP contribution in [0.2, 0.25) is 0 Å². The smallest absolute Gasteiger partial charge is 0.154 e. The number of hydrogen-bond donors (Lipinski definition) is 1. The predicted molar refractivity (Wildman–Crippen MR) is 71.9 cm³/mol. The van der Waals surface area contributed by atoms with Crippen molar-refractivity contribution in [2.24, 2.45) is 0 Å². The SMILES string of the molecule is CNC(c1ccc(C)cc1)C(C)(C)S(C)(=O)=O. The molecule has 0 bridgehead atoms. The molecule has 0 fully saturated rings. The maximum absolute atomic E-state index is 11.9. The Balaban J connectivity index is 3.21.